The molecule has 0 bridgehead atoms. The van der Waals surface area contributed by atoms with Crippen molar-refractivity contribution in [1.82, 2.24) is 10.2 Å². The molecular formula is C33H43N3O4S. The Morgan fingerprint density at radius 1 is 0.805 bits per heavy atom. The summed E-state index contributed by atoms with van der Waals surface area (Å²) in [6.07, 6.45) is 2.16. The van der Waals surface area contributed by atoms with Gasteiger partial charge in [-0.1, -0.05) is 73.9 Å². The van der Waals surface area contributed by atoms with Gasteiger partial charge >= 0.3 is 0 Å². The summed E-state index contributed by atoms with van der Waals surface area (Å²) >= 11 is 0. The molecule has 0 saturated carbocycles. The van der Waals surface area contributed by atoms with Crippen molar-refractivity contribution in [2.24, 2.45) is 0 Å². The lowest BCUT2D eigenvalue weighted by molar-refractivity contribution is -0.140. The van der Waals surface area contributed by atoms with Gasteiger partial charge in [-0.2, -0.15) is 0 Å². The van der Waals surface area contributed by atoms with Gasteiger partial charge in [-0.05, 0) is 81.5 Å². The van der Waals surface area contributed by atoms with E-state index < -0.39 is 28.5 Å². The van der Waals surface area contributed by atoms with E-state index >= 15 is 0 Å². The zero-order chi connectivity index (χ0) is 30.2. The molecule has 0 fully saturated rings. The molecule has 3 aromatic carbocycles. The maximum Gasteiger partial charge on any atom is 0.264 e. The normalized spacial score (nSPS) is 12.0. The second-order valence-corrected chi connectivity index (χ2v) is 12.6. The molecule has 0 heterocycles. The van der Waals surface area contributed by atoms with E-state index in [0.29, 0.717) is 18.7 Å². The van der Waals surface area contributed by atoms with E-state index in [1.165, 1.54) is 9.21 Å². The third kappa shape index (κ3) is 8.43. The molecule has 3 rings (SSSR count). The number of unbranched alkanes of at least 4 members (excludes halogenated alkanes) is 1. The third-order valence-corrected chi connectivity index (χ3v) is 8.86. The van der Waals surface area contributed by atoms with Crippen LogP contribution >= 0.6 is 0 Å². The summed E-state index contributed by atoms with van der Waals surface area (Å²) < 4.78 is 29.3. The SMILES string of the molecule is CCCCNC(=O)[C@H](CC)N(Cc1ccc(C)cc1)C(=O)CN(c1cc(C)cc(C)c1)S(=O)(=O)c1ccc(C)cc1. The third-order valence-electron chi connectivity index (χ3n) is 7.07. The molecule has 0 spiro atoms. The van der Waals surface area contributed by atoms with E-state index in [-0.39, 0.29) is 17.3 Å². The predicted molar refractivity (Wildman–Crippen MR) is 165 cm³/mol. The van der Waals surface area contributed by atoms with Crippen LogP contribution in [0.4, 0.5) is 5.69 Å². The summed E-state index contributed by atoms with van der Waals surface area (Å²) in [5.41, 5.74) is 5.06. The molecule has 0 unspecified atom stereocenters. The van der Waals surface area contributed by atoms with Crippen molar-refractivity contribution in [1.29, 1.82) is 0 Å². The Morgan fingerprint density at radius 3 is 1.90 bits per heavy atom. The van der Waals surface area contributed by atoms with Crippen molar-refractivity contribution in [2.75, 3.05) is 17.4 Å². The molecule has 41 heavy (non-hydrogen) atoms. The van der Waals surface area contributed by atoms with Gasteiger partial charge in [0.25, 0.3) is 10.0 Å². The molecule has 220 valence electrons. The summed E-state index contributed by atoms with van der Waals surface area (Å²) in [6, 6.07) is 19.1. The van der Waals surface area contributed by atoms with Gasteiger partial charge in [0.15, 0.2) is 0 Å². The number of aryl methyl sites for hydroxylation is 4. The minimum Gasteiger partial charge on any atom is -0.354 e. The van der Waals surface area contributed by atoms with E-state index in [1.54, 1.807) is 36.4 Å². The fourth-order valence-corrected chi connectivity index (χ4v) is 6.17. The molecule has 0 aliphatic rings. The van der Waals surface area contributed by atoms with Crippen LogP contribution in [-0.4, -0.2) is 44.3 Å². The number of sulfonamides is 1. The molecule has 1 N–H and O–H groups in total. The Hall–Kier alpha value is -3.65. The average Bonchev–Trinajstić information content (AvgIpc) is 2.92. The maximum atomic E-state index is 14.2. The second-order valence-electron chi connectivity index (χ2n) is 10.7. The molecule has 3 aromatic rings. The van der Waals surface area contributed by atoms with Crippen LogP contribution in [0, 0.1) is 27.7 Å². The van der Waals surface area contributed by atoms with Gasteiger partial charge in [-0.15, -0.1) is 0 Å². The van der Waals surface area contributed by atoms with Gasteiger partial charge in [0.1, 0.15) is 12.6 Å². The van der Waals surface area contributed by atoms with Gasteiger partial charge in [-0.25, -0.2) is 8.42 Å². The molecule has 0 radical (unpaired) electrons. The smallest absolute Gasteiger partial charge is 0.264 e. The van der Waals surface area contributed by atoms with E-state index in [0.717, 1.165) is 40.7 Å². The summed E-state index contributed by atoms with van der Waals surface area (Å²) in [5, 5.41) is 2.96. The second kappa shape index (κ2) is 14.3. The molecular weight excluding hydrogens is 534 g/mol. The van der Waals surface area contributed by atoms with E-state index in [4.69, 9.17) is 0 Å². The van der Waals surface area contributed by atoms with Crippen LogP contribution in [0.5, 0.6) is 0 Å². The lowest BCUT2D eigenvalue weighted by Gasteiger charge is -2.33. The Kier molecular flexibility index (Phi) is 11.1. The number of hydrogen-bond acceptors (Lipinski definition) is 4. The number of benzene rings is 3. The van der Waals surface area contributed by atoms with Crippen molar-refractivity contribution in [3.8, 4) is 0 Å². The minimum atomic E-state index is -4.10. The summed E-state index contributed by atoms with van der Waals surface area (Å²) in [7, 11) is -4.10. The van der Waals surface area contributed by atoms with E-state index in [1.807, 2.05) is 71.9 Å². The van der Waals surface area contributed by atoms with Gasteiger partial charge in [-0.3, -0.25) is 13.9 Å². The fourth-order valence-electron chi connectivity index (χ4n) is 4.78. The molecule has 0 aromatic heterocycles. The molecule has 0 aliphatic carbocycles. The Morgan fingerprint density at radius 2 is 1.37 bits per heavy atom. The zero-order valence-electron chi connectivity index (χ0n) is 25.1. The topological polar surface area (TPSA) is 86.8 Å². The van der Waals surface area contributed by atoms with Gasteiger partial charge in [0.2, 0.25) is 11.8 Å². The van der Waals surface area contributed by atoms with Gasteiger partial charge in [0.05, 0.1) is 10.6 Å². The Balaban J connectivity index is 2.06. The standard InChI is InChI=1S/C33H43N3O4S/c1-7-9-18-34-33(38)31(8-2)35(22-28-14-10-24(3)11-15-28)32(37)23-36(29-20-26(5)19-27(6)21-29)41(39,40)30-16-12-25(4)13-17-30/h10-17,19-21,31H,7-9,18,22-23H2,1-6H3,(H,34,38)/t31-/m0/s1. The molecule has 1 atom stereocenters. The first-order valence-corrected chi connectivity index (χ1v) is 15.7. The van der Waals surface area contributed by atoms with Gasteiger partial charge in [0, 0.05) is 13.1 Å². The highest BCUT2D eigenvalue weighted by molar-refractivity contribution is 7.92. The number of carbonyl (C=O) groups excluding carboxylic acids is 2. The number of carbonyl (C=O) groups is 2. The minimum absolute atomic E-state index is 0.101. The highest BCUT2D eigenvalue weighted by Crippen LogP contribution is 2.27. The van der Waals surface area contributed by atoms with E-state index in [9.17, 15) is 18.0 Å². The van der Waals surface area contributed by atoms with Crippen molar-refractivity contribution in [3.63, 3.8) is 0 Å². The van der Waals surface area contributed by atoms with Crippen molar-refractivity contribution < 1.29 is 18.0 Å². The zero-order valence-corrected chi connectivity index (χ0v) is 25.9. The predicted octanol–water partition coefficient (Wildman–Crippen LogP) is 5.84. The molecule has 2 amide bonds. The Labute approximate surface area is 245 Å². The van der Waals surface area contributed by atoms with Crippen LogP contribution in [0.15, 0.2) is 71.6 Å². The van der Waals surface area contributed by atoms with Crippen LogP contribution in [0.2, 0.25) is 0 Å². The summed E-state index contributed by atoms with van der Waals surface area (Å²) in [5.74, 6) is -0.682. The fraction of sp³-hybridized carbons (Fsp3) is 0.394. The highest BCUT2D eigenvalue weighted by atomic mass is 32.2. The van der Waals surface area contributed by atoms with Crippen molar-refractivity contribution in [3.05, 3.63) is 94.5 Å². The summed E-state index contributed by atoms with van der Waals surface area (Å²) in [4.78, 5) is 29.1. The quantitative estimate of drug-likeness (QED) is 0.259. The van der Waals surface area contributed by atoms with E-state index in [2.05, 4.69) is 5.32 Å². The van der Waals surface area contributed by atoms with Crippen molar-refractivity contribution in [2.45, 2.75) is 78.3 Å². The maximum absolute atomic E-state index is 14.2. The number of nitrogens with one attached hydrogen (secondary N) is 1. The summed E-state index contributed by atoms with van der Waals surface area (Å²) in [6.45, 7) is 11.8. The van der Waals surface area contributed by atoms with Crippen molar-refractivity contribution >= 4 is 27.5 Å². The first-order valence-electron chi connectivity index (χ1n) is 14.3. The molecule has 0 saturated heterocycles. The molecule has 8 heteroatoms. The first kappa shape index (κ1) is 31.9. The number of hydrogen-bond donors (Lipinski definition) is 1. The van der Waals surface area contributed by atoms with Crippen LogP contribution in [0.3, 0.4) is 0 Å². The number of rotatable bonds is 13. The lowest BCUT2D eigenvalue weighted by atomic mass is 10.1. The monoisotopic (exact) mass is 577 g/mol. The molecule has 7 nitrogen and oxygen atoms in total. The number of amides is 2. The van der Waals surface area contributed by atoms with Gasteiger partial charge < -0.3 is 10.2 Å². The Bertz CT molecular complexity index is 1410. The highest BCUT2D eigenvalue weighted by Gasteiger charge is 2.33. The van der Waals surface area contributed by atoms with Crippen LogP contribution < -0.4 is 9.62 Å². The first-order chi connectivity index (χ1) is 19.5. The average molecular weight is 578 g/mol. The lowest BCUT2D eigenvalue weighted by Crippen LogP contribution is -2.52. The van der Waals surface area contributed by atoms with Crippen LogP contribution in [-0.2, 0) is 26.2 Å². The van der Waals surface area contributed by atoms with Crippen LogP contribution in [0.1, 0.15) is 60.9 Å². The molecule has 0 aliphatic heterocycles. The largest absolute Gasteiger partial charge is 0.354 e. The van der Waals surface area contributed by atoms with Crippen LogP contribution in [0.25, 0.3) is 0 Å². The number of anilines is 1. The number of nitrogens with zero attached hydrogens (tertiary/aromatic N) is 2.